The molecule has 0 spiro atoms. The predicted octanol–water partition coefficient (Wildman–Crippen LogP) is 8.02. The minimum absolute atomic E-state index is 0.0380. The topological polar surface area (TPSA) is 230 Å². The van der Waals surface area contributed by atoms with Crippen LogP contribution in [0.4, 0.5) is 0 Å². The summed E-state index contributed by atoms with van der Waals surface area (Å²) < 4.78 is 33.4. The zero-order chi connectivity index (χ0) is 47.3. The van der Waals surface area contributed by atoms with Crippen molar-refractivity contribution >= 4 is 19.8 Å². The maximum absolute atomic E-state index is 12.8. The molecule has 1 fully saturated rings. The highest BCUT2D eigenvalue weighted by molar-refractivity contribution is 7.47. The third-order valence-electron chi connectivity index (χ3n) is 9.99. The molecule has 0 aromatic heterocycles. The van der Waals surface area contributed by atoms with Crippen molar-refractivity contribution in [1.29, 1.82) is 0 Å². The molecule has 0 radical (unpaired) electrons. The second-order valence-corrected chi connectivity index (χ2v) is 17.1. The van der Waals surface area contributed by atoms with Gasteiger partial charge in [0.2, 0.25) is 0 Å². The van der Waals surface area contributed by atoms with Crippen molar-refractivity contribution in [3.8, 4) is 0 Å². The number of unbranched alkanes of at least 4 members (excludes halogenated alkanes) is 8. The Bertz CT molecular complexity index is 1500. The van der Waals surface area contributed by atoms with E-state index < -0.39 is 81.8 Å². The molecule has 7 N–H and O–H groups in total. The molecule has 9 atom stereocenters. The van der Waals surface area contributed by atoms with Crippen molar-refractivity contribution in [2.75, 3.05) is 13.2 Å². The molecule has 1 saturated carbocycles. The van der Waals surface area contributed by atoms with Gasteiger partial charge in [0, 0.05) is 12.8 Å². The minimum atomic E-state index is -5.16. The first-order valence-electron chi connectivity index (χ1n) is 23.1. The third kappa shape index (κ3) is 30.0. The van der Waals surface area contributed by atoms with E-state index in [1.807, 2.05) is 36.5 Å². The molecule has 364 valence electrons. The number of phosphoric ester groups is 1. The zero-order valence-electron chi connectivity index (χ0n) is 38.1. The van der Waals surface area contributed by atoms with Gasteiger partial charge in [-0.1, -0.05) is 137 Å². The van der Waals surface area contributed by atoms with Crippen LogP contribution in [0.1, 0.15) is 136 Å². The fraction of sp³-hybridized carbons (Fsp3) is 0.633. The van der Waals surface area contributed by atoms with Crippen molar-refractivity contribution < 1.29 is 68.2 Å². The molecule has 0 amide bonds. The SMILES string of the molecule is CC/C=C\C/C=C\C/C=C\C/C=C\CCCCCCC(=O)O[C@H](COC(=O)CCC/C=C/C/C=C\C[C@H](O)/C=C\C=C/CCCCC)COP(=O)(O)OC1[C@H](O)[C@H](O)C(O)[C@H](O)[C@H]1O. The Morgan fingerprint density at radius 2 is 1.09 bits per heavy atom. The van der Waals surface area contributed by atoms with Crippen LogP contribution in [-0.4, -0.2) is 110 Å². The van der Waals surface area contributed by atoms with Gasteiger partial charge in [-0.15, -0.1) is 0 Å². The van der Waals surface area contributed by atoms with E-state index in [4.69, 9.17) is 18.5 Å². The minimum Gasteiger partial charge on any atom is -0.462 e. The van der Waals surface area contributed by atoms with Crippen molar-refractivity contribution in [1.82, 2.24) is 0 Å². The fourth-order valence-corrected chi connectivity index (χ4v) is 7.20. The van der Waals surface area contributed by atoms with Gasteiger partial charge in [0.25, 0.3) is 0 Å². The van der Waals surface area contributed by atoms with Gasteiger partial charge in [-0.2, -0.15) is 0 Å². The third-order valence-corrected chi connectivity index (χ3v) is 11.0. The van der Waals surface area contributed by atoms with Gasteiger partial charge in [-0.3, -0.25) is 18.6 Å². The van der Waals surface area contributed by atoms with Gasteiger partial charge >= 0.3 is 19.8 Å². The Morgan fingerprint density at radius 1 is 0.578 bits per heavy atom. The molecule has 1 aliphatic rings. The van der Waals surface area contributed by atoms with E-state index in [0.29, 0.717) is 32.1 Å². The predicted molar refractivity (Wildman–Crippen MR) is 250 cm³/mol. The van der Waals surface area contributed by atoms with Crippen LogP contribution in [0.2, 0.25) is 0 Å². The molecule has 0 aromatic carbocycles. The highest BCUT2D eigenvalue weighted by Gasteiger charge is 2.51. The first-order valence-corrected chi connectivity index (χ1v) is 24.6. The molecule has 3 unspecified atom stereocenters. The molecule has 0 saturated heterocycles. The average molecular weight is 923 g/mol. The quantitative estimate of drug-likeness (QED) is 0.0104. The molecule has 15 heteroatoms. The number of hydrogen-bond donors (Lipinski definition) is 7. The van der Waals surface area contributed by atoms with Crippen molar-refractivity contribution in [2.45, 2.75) is 185 Å². The number of ether oxygens (including phenoxy) is 2. The molecule has 0 aromatic rings. The summed E-state index contributed by atoms with van der Waals surface area (Å²) in [5.74, 6) is -1.25. The molecule has 1 rings (SSSR count). The lowest BCUT2D eigenvalue weighted by molar-refractivity contribution is -0.220. The number of carbonyl (C=O) groups is 2. The van der Waals surface area contributed by atoms with Crippen LogP contribution in [0.5, 0.6) is 0 Å². The number of esters is 2. The summed E-state index contributed by atoms with van der Waals surface area (Å²) in [5, 5.41) is 60.2. The van der Waals surface area contributed by atoms with Crippen LogP contribution in [0.15, 0.2) is 97.2 Å². The smallest absolute Gasteiger partial charge is 0.462 e. The summed E-state index contributed by atoms with van der Waals surface area (Å²) >= 11 is 0. The Kier molecular flexibility index (Phi) is 34.8. The monoisotopic (exact) mass is 923 g/mol. The number of hydrogen-bond acceptors (Lipinski definition) is 13. The van der Waals surface area contributed by atoms with Crippen LogP contribution < -0.4 is 0 Å². The maximum atomic E-state index is 12.8. The molecule has 14 nitrogen and oxygen atoms in total. The number of allylic oxidation sites excluding steroid dienone is 14. The van der Waals surface area contributed by atoms with Crippen LogP contribution in [-0.2, 0) is 32.7 Å². The van der Waals surface area contributed by atoms with Gasteiger partial charge in [-0.05, 0) is 83.5 Å². The zero-order valence-corrected chi connectivity index (χ0v) is 39.0. The molecular formula is C49H79O14P. The lowest BCUT2D eigenvalue weighted by Gasteiger charge is -2.41. The van der Waals surface area contributed by atoms with E-state index in [2.05, 4.69) is 68.5 Å². The van der Waals surface area contributed by atoms with E-state index in [-0.39, 0.29) is 12.8 Å². The highest BCUT2D eigenvalue weighted by Crippen LogP contribution is 2.47. The van der Waals surface area contributed by atoms with Gasteiger partial charge < -0.3 is 45.0 Å². The Balaban J connectivity index is 2.56. The first-order chi connectivity index (χ1) is 30.8. The average Bonchev–Trinajstić information content (AvgIpc) is 3.27. The van der Waals surface area contributed by atoms with Gasteiger partial charge in [0.15, 0.2) is 6.10 Å². The van der Waals surface area contributed by atoms with E-state index in [9.17, 15) is 49.7 Å². The summed E-state index contributed by atoms with van der Waals surface area (Å²) in [5.41, 5.74) is 0. The number of carbonyl (C=O) groups excluding carboxylic acids is 2. The maximum Gasteiger partial charge on any atom is 0.472 e. The van der Waals surface area contributed by atoms with Crippen molar-refractivity contribution in [3.63, 3.8) is 0 Å². The standard InChI is InChI=1S/C49H79O14P/c1-3-5-7-9-11-12-13-14-15-16-17-18-19-20-24-29-33-37-43(52)62-41(39-61-64(58,59)63-49-47(56)45(54)44(53)46(55)48(49)57)38-60-42(51)36-32-28-25-21-23-27-31-35-40(50)34-30-26-22-10-8-6-4-2/h5,7,11-12,14-15,17-18,21-22,25-27,30-31,34,40-41,44-50,53-57H,3-4,6,8-10,13,16,19-20,23-24,28-29,32-33,35-39H2,1-2H3,(H,58,59)/b7-5-,12-11-,15-14-,18-17-,25-21+,26-22-,31-27-,34-30-/t40-,41-,44?,45-,46+,47-,48-,49?/m1/s1. The van der Waals surface area contributed by atoms with Crippen molar-refractivity contribution in [3.05, 3.63) is 97.2 Å². The fourth-order valence-electron chi connectivity index (χ4n) is 6.23. The Hall–Kier alpha value is -3.27. The van der Waals surface area contributed by atoms with Crippen LogP contribution in [0, 0.1) is 0 Å². The normalized spacial score (nSPS) is 23.0. The number of phosphoric acid groups is 1. The summed E-state index contributed by atoms with van der Waals surface area (Å²) in [6.07, 6.45) is 33.4. The summed E-state index contributed by atoms with van der Waals surface area (Å²) in [7, 11) is -5.16. The van der Waals surface area contributed by atoms with Gasteiger partial charge in [0.05, 0.1) is 12.7 Å². The molecule has 0 aliphatic heterocycles. The van der Waals surface area contributed by atoms with Crippen LogP contribution in [0.3, 0.4) is 0 Å². The lowest BCUT2D eigenvalue weighted by Crippen LogP contribution is -2.64. The van der Waals surface area contributed by atoms with Crippen molar-refractivity contribution in [2.24, 2.45) is 0 Å². The van der Waals surface area contributed by atoms with Gasteiger partial charge in [0.1, 0.15) is 43.2 Å². The number of aliphatic hydroxyl groups is 6. The van der Waals surface area contributed by atoms with E-state index in [0.717, 1.165) is 57.8 Å². The summed E-state index contributed by atoms with van der Waals surface area (Å²) in [6.45, 7) is 3.00. The molecular weight excluding hydrogens is 843 g/mol. The van der Waals surface area contributed by atoms with E-state index in [1.54, 1.807) is 6.08 Å². The van der Waals surface area contributed by atoms with Gasteiger partial charge in [-0.25, -0.2) is 4.57 Å². The highest BCUT2D eigenvalue weighted by atomic mass is 31.2. The second kappa shape index (κ2) is 37.9. The van der Waals surface area contributed by atoms with E-state index >= 15 is 0 Å². The summed E-state index contributed by atoms with van der Waals surface area (Å²) in [6, 6.07) is 0. The molecule has 64 heavy (non-hydrogen) atoms. The molecule has 0 bridgehead atoms. The van der Waals surface area contributed by atoms with Crippen LogP contribution >= 0.6 is 7.82 Å². The second-order valence-electron chi connectivity index (χ2n) is 15.7. The Labute approximate surface area is 382 Å². The summed E-state index contributed by atoms with van der Waals surface area (Å²) in [4.78, 5) is 35.7. The van der Waals surface area contributed by atoms with E-state index in [1.165, 1.54) is 19.3 Å². The van der Waals surface area contributed by atoms with Crippen LogP contribution in [0.25, 0.3) is 0 Å². The lowest BCUT2D eigenvalue weighted by atomic mass is 9.85. The first kappa shape index (κ1) is 58.7. The molecule has 1 aliphatic carbocycles. The largest absolute Gasteiger partial charge is 0.472 e. The number of rotatable bonds is 36. The molecule has 0 heterocycles. The Morgan fingerprint density at radius 3 is 1.72 bits per heavy atom. The number of aliphatic hydroxyl groups excluding tert-OH is 6.